The molecule has 0 aliphatic heterocycles. The van der Waals surface area contributed by atoms with Crippen molar-refractivity contribution in [2.75, 3.05) is 21.0 Å². The quantitative estimate of drug-likeness (QED) is 0.417. The molecule has 88 valence electrons. The number of carboxylic acid groups (broad SMARTS) is 1. The van der Waals surface area contributed by atoms with Crippen molar-refractivity contribution < 1.29 is 29.3 Å². The molecule has 0 fully saturated rings. The van der Waals surface area contributed by atoms with Crippen LogP contribution in [0.3, 0.4) is 0 Å². The molecular weight excluding hydrogens is 225 g/mol. The Balaban J connectivity index is 4.48. The lowest BCUT2D eigenvalue weighted by atomic mass is 10.4. The number of methoxy groups -OCH3 is 2. The highest BCUT2D eigenvalue weighted by Crippen LogP contribution is 2.36. The number of aliphatic hydroxyl groups excluding tert-OH is 1. The molecule has 3 N–H and O–H groups in total. The summed E-state index contributed by atoms with van der Waals surface area (Å²) in [6.45, 7) is -0.515. The van der Waals surface area contributed by atoms with E-state index in [2.05, 4.69) is 5.32 Å². The zero-order valence-corrected chi connectivity index (χ0v) is 9.44. The summed E-state index contributed by atoms with van der Waals surface area (Å²) >= 11 is 0. The molecule has 15 heavy (non-hydrogen) atoms. The van der Waals surface area contributed by atoms with Gasteiger partial charge in [0.25, 0.3) is 0 Å². The molecule has 8 heteroatoms. The highest BCUT2D eigenvalue weighted by Gasteiger charge is 2.35. The fourth-order valence-electron chi connectivity index (χ4n) is 0.899. The fraction of sp³-hybridized carbons (Fsp3) is 0.714. The molecule has 0 bridgehead atoms. The number of hydrogen-bond acceptors (Lipinski definition) is 5. The summed E-state index contributed by atoms with van der Waals surface area (Å²) in [5.41, 5.74) is -2.58. The predicted molar refractivity (Wildman–Crippen MR) is 52.9 cm³/mol. The van der Waals surface area contributed by atoms with Gasteiger partial charge in [-0.1, -0.05) is 0 Å². The number of amides is 1. The van der Waals surface area contributed by atoms with Gasteiger partial charge < -0.3 is 25.0 Å². The Bertz CT molecular complexity index is 230. The van der Waals surface area contributed by atoms with E-state index in [9.17, 15) is 9.59 Å². The van der Waals surface area contributed by atoms with Crippen molar-refractivity contribution in [3.63, 3.8) is 0 Å². The Morgan fingerprint density at radius 1 is 1.40 bits per heavy atom. The molecule has 0 spiro atoms. The van der Waals surface area contributed by atoms with Gasteiger partial charge in [0.15, 0.2) is 0 Å². The summed E-state index contributed by atoms with van der Waals surface area (Å²) in [5.74, 6) is -0.546. The first-order valence-electron chi connectivity index (χ1n) is 3.98. The number of rotatable bonds is 7. The van der Waals surface area contributed by atoms with Gasteiger partial charge >= 0.3 is 5.71 Å². The molecule has 0 saturated heterocycles. The van der Waals surface area contributed by atoms with Gasteiger partial charge in [-0.2, -0.15) is 0 Å². The number of aliphatic hydroxyl groups is 1. The molecule has 0 aliphatic carbocycles. The van der Waals surface area contributed by atoms with Crippen LogP contribution in [0.2, 0.25) is 0 Å². The van der Waals surface area contributed by atoms with Crippen LogP contribution in [0, 0.1) is 0 Å². The van der Waals surface area contributed by atoms with Gasteiger partial charge in [0.05, 0.1) is 15.0 Å². The van der Waals surface area contributed by atoms with Crippen LogP contribution in [0.25, 0.3) is 0 Å². The van der Waals surface area contributed by atoms with Crippen LogP contribution in [-0.2, 0) is 14.3 Å². The van der Waals surface area contributed by atoms with Crippen LogP contribution in [-0.4, -0.2) is 48.3 Å². The minimum Gasteiger partial charge on any atom is -0.478 e. The third kappa shape index (κ3) is 5.03. The second-order valence-electron chi connectivity index (χ2n) is 2.53. The van der Waals surface area contributed by atoms with E-state index in [1.807, 2.05) is 0 Å². The van der Waals surface area contributed by atoms with Crippen molar-refractivity contribution in [1.82, 2.24) is 5.32 Å². The number of carbonyl (C=O) groups is 2. The standard InChI is InChI=1S/C7H14NO6P/c1-13-7(14-2,15-6(11)12)3-5(10)8-4-9/h9,15H,3-4H2,1-2H3,(H,8,10)(H,11,12). The molecule has 0 aromatic carbocycles. The number of hydrogen-bond donors (Lipinski definition) is 3. The summed E-state index contributed by atoms with van der Waals surface area (Å²) < 4.78 is 9.76. The average molecular weight is 239 g/mol. The van der Waals surface area contributed by atoms with Crippen molar-refractivity contribution in [3.8, 4) is 0 Å². The molecule has 0 aliphatic rings. The normalized spacial score (nSPS) is 11.9. The first-order valence-corrected chi connectivity index (χ1v) is 4.98. The molecule has 0 rings (SSSR count). The largest absolute Gasteiger partial charge is 0.478 e. The van der Waals surface area contributed by atoms with E-state index in [1.165, 1.54) is 14.2 Å². The van der Waals surface area contributed by atoms with E-state index in [1.54, 1.807) is 0 Å². The molecule has 0 aromatic rings. The molecule has 1 atom stereocenters. The van der Waals surface area contributed by atoms with E-state index in [-0.39, 0.29) is 6.42 Å². The van der Waals surface area contributed by atoms with Gasteiger partial charge in [0.2, 0.25) is 11.4 Å². The second-order valence-corrected chi connectivity index (χ2v) is 3.97. The van der Waals surface area contributed by atoms with Crippen molar-refractivity contribution in [2.45, 2.75) is 11.9 Å². The van der Waals surface area contributed by atoms with Crippen molar-refractivity contribution in [2.24, 2.45) is 0 Å². The summed E-state index contributed by atoms with van der Waals surface area (Å²) in [6, 6.07) is 0. The smallest absolute Gasteiger partial charge is 0.326 e. The fourth-order valence-corrected chi connectivity index (χ4v) is 1.68. The van der Waals surface area contributed by atoms with Crippen LogP contribution in [0.5, 0.6) is 0 Å². The zero-order valence-electron chi connectivity index (χ0n) is 8.44. The van der Waals surface area contributed by atoms with Crippen molar-refractivity contribution >= 4 is 20.2 Å². The molecule has 1 unspecified atom stereocenters. The topological polar surface area (TPSA) is 105 Å². The van der Waals surface area contributed by atoms with Crippen LogP contribution < -0.4 is 5.32 Å². The Kier molecular flexibility index (Phi) is 6.35. The van der Waals surface area contributed by atoms with E-state index >= 15 is 0 Å². The minimum atomic E-state index is -1.47. The van der Waals surface area contributed by atoms with Crippen molar-refractivity contribution in [3.05, 3.63) is 0 Å². The Labute approximate surface area is 88.5 Å². The van der Waals surface area contributed by atoms with Gasteiger partial charge in [-0.05, 0) is 0 Å². The molecule has 0 aromatic heterocycles. The monoisotopic (exact) mass is 239 g/mol. The number of ether oxygens (including phenoxy) is 2. The van der Waals surface area contributed by atoms with Gasteiger partial charge in [-0.3, -0.25) is 4.79 Å². The third-order valence-corrected chi connectivity index (χ3v) is 2.81. The molecule has 0 saturated carbocycles. The van der Waals surface area contributed by atoms with Crippen molar-refractivity contribution in [1.29, 1.82) is 0 Å². The Morgan fingerprint density at radius 3 is 2.27 bits per heavy atom. The lowest BCUT2D eigenvalue weighted by molar-refractivity contribution is -0.155. The van der Waals surface area contributed by atoms with Crippen LogP contribution in [0.1, 0.15) is 6.42 Å². The van der Waals surface area contributed by atoms with Crippen LogP contribution in [0.15, 0.2) is 0 Å². The maximum absolute atomic E-state index is 11.1. The SMILES string of the molecule is COC(CC(=O)NCO)(OC)PC(=O)O. The summed E-state index contributed by atoms with van der Waals surface area (Å²) in [7, 11) is 1.79. The van der Waals surface area contributed by atoms with Gasteiger partial charge in [0.1, 0.15) is 6.73 Å². The second kappa shape index (κ2) is 6.68. The predicted octanol–water partition coefficient (Wildman–Crippen LogP) is -0.254. The summed E-state index contributed by atoms with van der Waals surface area (Å²) in [6.07, 6.45) is -0.286. The lowest BCUT2D eigenvalue weighted by Crippen LogP contribution is -2.37. The van der Waals surface area contributed by atoms with Crippen LogP contribution in [0.4, 0.5) is 4.79 Å². The zero-order chi connectivity index (χ0) is 11.9. The maximum atomic E-state index is 11.1. The number of nitrogens with one attached hydrogen (secondary N) is 1. The van der Waals surface area contributed by atoms with Crippen LogP contribution >= 0.6 is 8.58 Å². The van der Waals surface area contributed by atoms with E-state index in [0.29, 0.717) is 0 Å². The number of carbonyl (C=O) groups excluding carboxylic acids is 1. The highest BCUT2D eigenvalue weighted by atomic mass is 31.1. The first kappa shape index (κ1) is 14.2. The third-order valence-electron chi connectivity index (χ3n) is 1.63. The van der Waals surface area contributed by atoms with Gasteiger partial charge in [0, 0.05) is 14.2 Å². The van der Waals surface area contributed by atoms with E-state index in [0.717, 1.165) is 0 Å². The maximum Gasteiger partial charge on any atom is 0.326 e. The Morgan fingerprint density at radius 2 is 1.93 bits per heavy atom. The molecular formula is C7H14NO6P. The average Bonchev–Trinajstić information content (AvgIpc) is 2.16. The van der Waals surface area contributed by atoms with E-state index < -0.39 is 32.5 Å². The lowest BCUT2D eigenvalue weighted by Gasteiger charge is -2.28. The van der Waals surface area contributed by atoms with Gasteiger partial charge in [-0.15, -0.1) is 0 Å². The molecule has 0 heterocycles. The molecule has 7 nitrogen and oxygen atoms in total. The van der Waals surface area contributed by atoms with E-state index in [4.69, 9.17) is 19.7 Å². The Hall–Kier alpha value is -0.750. The first-order chi connectivity index (χ1) is 6.99. The molecule has 0 radical (unpaired) electrons. The molecule has 1 amide bonds. The summed E-state index contributed by atoms with van der Waals surface area (Å²) in [5, 5.41) is 19.2. The highest BCUT2D eigenvalue weighted by molar-refractivity contribution is 7.58. The van der Waals surface area contributed by atoms with Gasteiger partial charge in [-0.25, -0.2) is 4.79 Å². The summed E-state index contributed by atoms with van der Waals surface area (Å²) in [4.78, 5) is 21.7. The minimum absolute atomic E-state index is 0.286.